The molecule has 2 aliphatic heterocycles. The third-order valence-electron chi connectivity index (χ3n) is 8.68. The van der Waals surface area contributed by atoms with E-state index in [0.717, 1.165) is 77.1 Å². The molecule has 0 fully saturated rings. The minimum Gasteiger partial charge on any atom is -0.384 e. The molecule has 0 saturated carbocycles. The van der Waals surface area contributed by atoms with Crippen LogP contribution in [-0.2, 0) is 19.4 Å². The van der Waals surface area contributed by atoms with Gasteiger partial charge in [-0.25, -0.2) is 4.98 Å². The average molecular weight is 470 g/mol. The van der Waals surface area contributed by atoms with Crippen molar-refractivity contribution in [2.24, 2.45) is 0 Å². The van der Waals surface area contributed by atoms with E-state index in [9.17, 15) is 5.11 Å². The molecule has 2 N–H and O–H groups in total. The van der Waals surface area contributed by atoms with Crippen LogP contribution in [-0.4, -0.2) is 26.1 Å². The maximum absolute atomic E-state index is 11.0. The molecule has 0 radical (unpaired) electrons. The quantitative estimate of drug-likeness (QED) is 0.310. The maximum atomic E-state index is 11.0. The lowest BCUT2D eigenvalue weighted by atomic mass is 9.82. The summed E-state index contributed by atoms with van der Waals surface area (Å²) in [6.45, 7) is 9.35. The van der Waals surface area contributed by atoms with E-state index in [0.29, 0.717) is 0 Å². The summed E-state index contributed by atoms with van der Waals surface area (Å²) in [7, 11) is 0. The molecule has 1 unspecified atom stereocenters. The fourth-order valence-corrected chi connectivity index (χ4v) is 6.77. The minimum atomic E-state index is -0.636. The first-order valence-electron chi connectivity index (χ1n) is 12.9. The standard InChI is InChI=1S/C32H27N3O/c1-17-6-8-23-18(2)35-16-26-30(22-7-9-27-21(12-22)10-11-33-27)25-13-19-4-3-5-20(19)14-28(25)34-31(26)29(35)15-24(23)32(17)36/h7,9-15,32-33,36H,1-6,8,16H2. The van der Waals surface area contributed by atoms with Crippen LogP contribution in [0.4, 0.5) is 0 Å². The number of H-pyrrole nitrogens is 1. The molecular weight excluding hydrogens is 442 g/mol. The summed E-state index contributed by atoms with van der Waals surface area (Å²) in [5.41, 5.74) is 14.9. The average Bonchev–Trinajstić information content (AvgIpc) is 3.62. The van der Waals surface area contributed by atoms with Gasteiger partial charge in [0.15, 0.2) is 0 Å². The number of benzene rings is 2. The molecule has 4 heterocycles. The Bertz CT molecular complexity index is 1750. The third-order valence-corrected chi connectivity index (χ3v) is 8.68. The van der Waals surface area contributed by atoms with E-state index in [2.05, 4.69) is 65.5 Å². The van der Waals surface area contributed by atoms with E-state index in [-0.39, 0.29) is 0 Å². The number of hydrogen-bond donors (Lipinski definition) is 2. The van der Waals surface area contributed by atoms with Gasteiger partial charge in [-0.1, -0.05) is 19.2 Å². The zero-order chi connectivity index (χ0) is 24.1. The van der Waals surface area contributed by atoms with Crippen molar-refractivity contribution in [2.75, 3.05) is 0 Å². The summed E-state index contributed by atoms with van der Waals surface area (Å²) >= 11 is 0. The predicted molar refractivity (Wildman–Crippen MR) is 145 cm³/mol. The Morgan fingerprint density at radius 1 is 1.00 bits per heavy atom. The smallest absolute Gasteiger partial charge is 0.100 e. The zero-order valence-electron chi connectivity index (χ0n) is 20.2. The largest absolute Gasteiger partial charge is 0.384 e. The Morgan fingerprint density at radius 2 is 1.86 bits per heavy atom. The number of nitrogens with zero attached hydrogens (tertiary/aromatic N) is 2. The van der Waals surface area contributed by atoms with E-state index in [4.69, 9.17) is 4.98 Å². The zero-order valence-corrected chi connectivity index (χ0v) is 20.2. The van der Waals surface area contributed by atoms with Crippen LogP contribution >= 0.6 is 0 Å². The number of aryl methyl sites for hydroxylation is 2. The first-order chi connectivity index (χ1) is 17.6. The van der Waals surface area contributed by atoms with Gasteiger partial charge in [0.1, 0.15) is 6.10 Å². The van der Waals surface area contributed by atoms with Crippen LogP contribution in [0.5, 0.6) is 0 Å². The Balaban J connectivity index is 1.42. The Labute approximate surface area is 210 Å². The van der Waals surface area contributed by atoms with Crippen LogP contribution in [0.25, 0.3) is 38.6 Å². The number of allylic oxidation sites excluding steroid dienone is 1. The number of fused-ring (bicyclic) bond motifs is 6. The molecule has 0 bridgehead atoms. The van der Waals surface area contributed by atoms with Crippen molar-refractivity contribution in [3.8, 4) is 11.1 Å². The first-order valence-corrected chi connectivity index (χ1v) is 12.9. The summed E-state index contributed by atoms with van der Waals surface area (Å²) in [6.07, 6.45) is 8.68. The highest BCUT2D eigenvalue weighted by Crippen LogP contribution is 2.49. The molecule has 8 rings (SSSR count). The van der Waals surface area contributed by atoms with Gasteiger partial charge in [-0.05, 0) is 113 Å². The summed E-state index contributed by atoms with van der Waals surface area (Å²) in [4.78, 5) is 10.9. The number of rotatable bonds is 1. The van der Waals surface area contributed by atoms with Crippen LogP contribution in [0.2, 0.25) is 0 Å². The summed E-state index contributed by atoms with van der Waals surface area (Å²) in [5, 5.41) is 13.4. The number of aliphatic hydroxyl groups is 1. The summed E-state index contributed by atoms with van der Waals surface area (Å²) in [5.74, 6) is 0. The number of nitrogens with one attached hydrogen (secondary N) is 1. The van der Waals surface area contributed by atoms with Crippen LogP contribution in [0, 0.1) is 0 Å². The van der Waals surface area contributed by atoms with Crippen LogP contribution in [0.3, 0.4) is 0 Å². The minimum absolute atomic E-state index is 0.636. The van der Waals surface area contributed by atoms with Crippen molar-refractivity contribution >= 4 is 27.5 Å². The van der Waals surface area contributed by atoms with Crippen molar-refractivity contribution in [1.29, 1.82) is 0 Å². The van der Waals surface area contributed by atoms with Crippen LogP contribution in [0.1, 0.15) is 41.6 Å². The molecule has 0 saturated heterocycles. The molecule has 4 aromatic rings. The second-order valence-electron chi connectivity index (χ2n) is 10.6. The molecular formula is C32H27N3O. The van der Waals surface area contributed by atoms with Crippen molar-refractivity contribution in [2.45, 2.75) is 44.8 Å². The highest BCUT2D eigenvalue weighted by Gasteiger charge is 2.38. The molecule has 176 valence electrons. The lowest BCUT2D eigenvalue weighted by Gasteiger charge is -2.35. The van der Waals surface area contributed by atoms with Gasteiger partial charge in [0.2, 0.25) is 0 Å². The highest BCUT2D eigenvalue weighted by atomic mass is 16.3. The number of aromatic amines is 1. The molecule has 36 heavy (non-hydrogen) atoms. The molecule has 2 aliphatic carbocycles. The van der Waals surface area contributed by atoms with Gasteiger partial charge in [-0.15, -0.1) is 0 Å². The van der Waals surface area contributed by atoms with E-state index in [1.165, 1.54) is 45.0 Å². The van der Waals surface area contributed by atoms with Crippen LogP contribution in [0.15, 0.2) is 84.2 Å². The van der Waals surface area contributed by atoms with Gasteiger partial charge in [0.05, 0.1) is 23.5 Å². The molecule has 1 atom stereocenters. The lowest BCUT2D eigenvalue weighted by molar-refractivity contribution is 0.238. The van der Waals surface area contributed by atoms with E-state index in [1.807, 2.05) is 6.20 Å². The van der Waals surface area contributed by atoms with Gasteiger partial charge >= 0.3 is 0 Å². The van der Waals surface area contributed by atoms with Gasteiger partial charge in [-0.2, -0.15) is 0 Å². The SMILES string of the molecule is C=C1CCC2=C(C=C3c4nc5cc6c(cc5c(-c5ccc7[nH]ccc7c5)c4CN3C2=C)CCC6)C1O. The highest BCUT2D eigenvalue weighted by molar-refractivity contribution is 6.02. The Kier molecular flexibility index (Phi) is 4.00. The summed E-state index contributed by atoms with van der Waals surface area (Å²) < 4.78 is 0. The molecule has 2 aromatic carbocycles. The van der Waals surface area contributed by atoms with Crippen molar-refractivity contribution in [3.05, 3.63) is 107 Å². The predicted octanol–water partition coefficient (Wildman–Crippen LogP) is 6.56. The van der Waals surface area contributed by atoms with Crippen molar-refractivity contribution in [1.82, 2.24) is 14.9 Å². The van der Waals surface area contributed by atoms with Gasteiger partial charge in [0.25, 0.3) is 0 Å². The maximum Gasteiger partial charge on any atom is 0.100 e. The molecule has 0 amide bonds. The molecule has 4 aliphatic rings. The fraction of sp³-hybridized carbons (Fsp3) is 0.219. The number of aliphatic hydroxyl groups excluding tert-OH is 1. The monoisotopic (exact) mass is 469 g/mol. The second-order valence-corrected chi connectivity index (χ2v) is 10.6. The molecule has 0 spiro atoms. The van der Waals surface area contributed by atoms with Gasteiger partial charge in [-0.3, -0.25) is 0 Å². The van der Waals surface area contributed by atoms with E-state index < -0.39 is 6.10 Å². The van der Waals surface area contributed by atoms with Gasteiger partial charge in [0, 0.05) is 28.4 Å². The number of aromatic nitrogens is 2. The van der Waals surface area contributed by atoms with Crippen LogP contribution < -0.4 is 0 Å². The fourth-order valence-electron chi connectivity index (χ4n) is 6.77. The Morgan fingerprint density at radius 3 is 2.75 bits per heavy atom. The first kappa shape index (κ1) is 20.3. The topological polar surface area (TPSA) is 52.2 Å². The summed E-state index contributed by atoms with van der Waals surface area (Å²) in [6, 6.07) is 13.6. The van der Waals surface area contributed by atoms with Gasteiger partial charge < -0.3 is 15.0 Å². The molecule has 4 heteroatoms. The molecule has 2 aromatic heterocycles. The van der Waals surface area contributed by atoms with Crippen molar-refractivity contribution in [3.63, 3.8) is 0 Å². The second kappa shape index (κ2) is 7.08. The molecule has 4 nitrogen and oxygen atoms in total. The lowest BCUT2D eigenvalue weighted by Crippen LogP contribution is -2.28. The van der Waals surface area contributed by atoms with Crippen molar-refractivity contribution < 1.29 is 5.11 Å². The number of hydrogen-bond acceptors (Lipinski definition) is 3. The van der Waals surface area contributed by atoms with E-state index in [1.54, 1.807) is 0 Å². The van der Waals surface area contributed by atoms with E-state index >= 15 is 0 Å². The number of pyridine rings is 1. The normalized spacial score (nSPS) is 20.6. The Hall–Kier alpha value is -3.89. The third kappa shape index (κ3) is 2.65.